The molecular formula is C13H10F2N4S. The summed E-state index contributed by atoms with van der Waals surface area (Å²) in [6.07, 6.45) is 3.35. The summed E-state index contributed by atoms with van der Waals surface area (Å²) in [7, 11) is 1.80. The van der Waals surface area contributed by atoms with E-state index in [1.54, 1.807) is 30.4 Å². The summed E-state index contributed by atoms with van der Waals surface area (Å²) < 4.78 is 29.8. The van der Waals surface area contributed by atoms with Crippen molar-refractivity contribution in [3.63, 3.8) is 0 Å². The van der Waals surface area contributed by atoms with E-state index in [2.05, 4.69) is 14.7 Å². The number of hydrogen-bond donors (Lipinski definition) is 1. The second-order valence-electron chi connectivity index (χ2n) is 4.15. The van der Waals surface area contributed by atoms with Crippen LogP contribution in [0.2, 0.25) is 0 Å². The first kappa shape index (κ1) is 12.9. The zero-order valence-electron chi connectivity index (χ0n) is 10.5. The third-order valence-corrected chi connectivity index (χ3v) is 3.70. The van der Waals surface area contributed by atoms with Gasteiger partial charge in [0.25, 0.3) is 0 Å². The zero-order valence-corrected chi connectivity index (χ0v) is 11.3. The van der Waals surface area contributed by atoms with Crippen LogP contribution < -0.4 is 9.62 Å². The Morgan fingerprint density at radius 1 is 1.30 bits per heavy atom. The molecule has 102 valence electrons. The van der Waals surface area contributed by atoms with Crippen molar-refractivity contribution in [1.29, 1.82) is 0 Å². The first-order valence-electron chi connectivity index (χ1n) is 5.79. The number of halogens is 2. The molecule has 1 aromatic heterocycles. The fourth-order valence-corrected chi connectivity index (χ4v) is 2.52. The van der Waals surface area contributed by atoms with Gasteiger partial charge in [-0.2, -0.15) is 0 Å². The van der Waals surface area contributed by atoms with E-state index in [1.165, 1.54) is 6.07 Å². The minimum Gasteiger partial charge on any atom is -0.313 e. The van der Waals surface area contributed by atoms with E-state index in [9.17, 15) is 8.78 Å². The number of aromatic nitrogens is 1. The first-order valence-corrected chi connectivity index (χ1v) is 6.61. The third kappa shape index (κ3) is 2.32. The Balaban J connectivity index is 1.98. The highest BCUT2D eigenvalue weighted by Gasteiger charge is 2.20. The van der Waals surface area contributed by atoms with Crippen LogP contribution in [0.25, 0.3) is 0 Å². The number of guanidine groups is 1. The van der Waals surface area contributed by atoms with E-state index in [-0.39, 0.29) is 10.6 Å². The smallest absolute Gasteiger partial charge is 0.214 e. The van der Waals surface area contributed by atoms with Gasteiger partial charge in [-0.3, -0.25) is 9.71 Å². The van der Waals surface area contributed by atoms with Crippen molar-refractivity contribution >= 4 is 29.3 Å². The van der Waals surface area contributed by atoms with E-state index in [0.29, 0.717) is 5.96 Å². The molecule has 1 aliphatic rings. The second-order valence-corrected chi connectivity index (χ2v) is 4.96. The number of anilines is 1. The minimum absolute atomic E-state index is 0.275. The lowest BCUT2D eigenvalue weighted by molar-refractivity contribution is 0.566. The van der Waals surface area contributed by atoms with Crippen molar-refractivity contribution in [1.82, 2.24) is 9.71 Å². The summed E-state index contributed by atoms with van der Waals surface area (Å²) in [4.78, 5) is 10.3. The Hall–Kier alpha value is -2.15. The first-order chi connectivity index (χ1) is 9.65. The predicted octanol–water partition coefficient (Wildman–Crippen LogP) is 3.09. The average molecular weight is 292 g/mol. The SMILES string of the molecule is CN(C1=Nc2cc(F)cc(F)c2SN1)c1cccnc1. The standard InChI is InChI=1S/C13H10F2N4S/c1-19(9-3-2-4-16-7-9)13-17-11-6-8(14)5-10(15)12(11)20-18-13/h2-7H,1H3,(H,17,18). The maximum Gasteiger partial charge on any atom is 0.214 e. The number of rotatable bonds is 1. The summed E-state index contributed by atoms with van der Waals surface area (Å²) in [6, 6.07) is 5.72. The molecule has 0 radical (unpaired) electrons. The topological polar surface area (TPSA) is 40.5 Å². The predicted molar refractivity (Wildman–Crippen MR) is 75.1 cm³/mol. The highest BCUT2D eigenvalue weighted by atomic mass is 32.2. The van der Waals surface area contributed by atoms with Crippen LogP contribution in [0.1, 0.15) is 0 Å². The molecule has 0 aliphatic carbocycles. The van der Waals surface area contributed by atoms with Gasteiger partial charge in [-0.15, -0.1) is 0 Å². The van der Waals surface area contributed by atoms with Gasteiger partial charge in [0.15, 0.2) is 0 Å². The largest absolute Gasteiger partial charge is 0.313 e. The number of nitrogens with one attached hydrogen (secondary N) is 1. The van der Waals surface area contributed by atoms with Gasteiger partial charge in [-0.25, -0.2) is 13.8 Å². The van der Waals surface area contributed by atoms with Crippen molar-refractivity contribution in [3.8, 4) is 0 Å². The van der Waals surface area contributed by atoms with Gasteiger partial charge >= 0.3 is 0 Å². The zero-order chi connectivity index (χ0) is 14.1. The van der Waals surface area contributed by atoms with Crippen LogP contribution in [0.5, 0.6) is 0 Å². The van der Waals surface area contributed by atoms with Crippen molar-refractivity contribution in [2.24, 2.45) is 4.99 Å². The number of fused-ring (bicyclic) bond motifs is 1. The van der Waals surface area contributed by atoms with Gasteiger partial charge in [-0.05, 0) is 24.1 Å². The molecule has 2 heterocycles. The molecule has 0 amide bonds. The molecule has 0 atom stereocenters. The number of hydrogen-bond acceptors (Lipinski definition) is 5. The lowest BCUT2D eigenvalue weighted by Crippen LogP contribution is -2.36. The number of pyridine rings is 1. The molecular weight excluding hydrogens is 282 g/mol. The van der Waals surface area contributed by atoms with Crippen LogP contribution in [0, 0.1) is 11.6 Å². The van der Waals surface area contributed by atoms with Gasteiger partial charge in [0.05, 0.1) is 22.5 Å². The third-order valence-electron chi connectivity index (χ3n) is 2.81. The van der Waals surface area contributed by atoms with E-state index in [4.69, 9.17) is 0 Å². The van der Waals surface area contributed by atoms with Crippen molar-refractivity contribution in [2.75, 3.05) is 11.9 Å². The van der Waals surface area contributed by atoms with Gasteiger partial charge in [-0.1, -0.05) is 0 Å². The van der Waals surface area contributed by atoms with Gasteiger partial charge in [0, 0.05) is 25.4 Å². The molecule has 1 aliphatic heterocycles. The van der Waals surface area contributed by atoms with Crippen LogP contribution in [-0.2, 0) is 0 Å². The Morgan fingerprint density at radius 2 is 2.15 bits per heavy atom. The molecule has 3 rings (SSSR count). The number of nitrogens with zero attached hydrogens (tertiary/aromatic N) is 3. The van der Waals surface area contributed by atoms with Crippen LogP contribution in [-0.4, -0.2) is 18.0 Å². The Morgan fingerprint density at radius 3 is 2.90 bits per heavy atom. The summed E-state index contributed by atoms with van der Waals surface area (Å²) in [5, 5.41) is 0. The molecule has 0 bridgehead atoms. The lowest BCUT2D eigenvalue weighted by Gasteiger charge is -2.25. The molecule has 0 unspecified atom stereocenters. The van der Waals surface area contributed by atoms with Crippen molar-refractivity contribution in [2.45, 2.75) is 4.90 Å². The van der Waals surface area contributed by atoms with Crippen LogP contribution in [0.3, 0.4) is 0 Å². The maximum absolute atomic E-state index is 13.6. The average Bonchev–Trinajstić information content (AvgIpc) is 2.46. The summed E-state index contributed by atoms with van der Waals surface area (Å²) >= 11 is 1.07. The van der Waals surface area contributed by atoms with E-state index in [0.717, 1.165) is 23.7 Å². The van der Waals surface area contributed by atoms with Gasteiger partial charge in [0.2, 0.25) is 5.96 Å². The number of benzene rings is 1. The van der Waals surface area contributed by atoms with E-state index in [1.807, 2.05) is 6.07 Å². The molecule has 0 saturated heterocycles. The highest BCUT2D eigenvalue weighted by Crippen LogP contribution is 2.35. The molecule has 4 nitrogen and oxygen atoms in total. The lowest BCUT2D eigenvalue weighted by atomic mass is 10.3. The normalized spacial score (nSPS) is 13.2. The summed E-state index contributed by atoms with van der Waals surface area (Å²) in [5.74, 6) is -0.777. The molecule has 0 fully saturated rings. The molecule has 1 aromatic carbocycles. The summed E-state index contributed by atoms with van der Waals surface area (Å²) in [6.45, 7) is 0. The molecule has 0 saturated carbocycles. The Labute approximate surface area is 118 Å². The monoisotopic (exact) mass is 292 g/mol. The van der Waals surface area contributed by atoms with E-state index < -0.39 is 11.6 Å². The fourth-order valence-electron chi connectivity index (χ4n) is 1.78. The highest BCUT2D eigenvalue weighted by molar-refractivity contribution is 7.98. The molecule has 1 N–H and O–H groups in total. The fraction of sp³-hybridized carbons (Fsp3) is 0.0769. The van der Waals surface area contributed by atoms with Crippen molar-refractivity contribution in [3.05, 3.63) is 48.3 Å². The Kier molecular flexibility index (Phi) is 3.27. The molecule has 2 aromatic rings. The van der Waals surface area contributed by atoms with Gasteiger partial charge < -0.3 is 4.90 Å². The second kappa shape index (κ2) is 5.09. The maximum atomic E-state index is 13.6. The van der Waals surface area contributed by atoms with E-state index >= 15 is 0 Å². The van der Waals surface area contributed by atoms with Crippen LogP contribution in [0.4, 0.5) is 20.2 Å². The molecule has 20 heavy (non-hydrogen) atoms. The quantitative estimate of drug-likeness (QED) is 0.820. The van der Waals surface area contributed by atoms with Crippen molar-refractivity contribution < 1.29 is 8.78 Å². The van der Waals surface area contributed by atoms with Gasteiger partial charge in [0.1, 0.15) is 11.6 Å². The summed E-state index contributed by atoms with van der Waals surface area (Å²) in [5.41, 5.74) is 1.09. The molecule has 0 spiro atoms. The van der Waals surface area contributed by atoms with Crippen LogP contribution in [0.15, 0.2) is 46.5 Å². The molecule has 7 heteroatoms. The number of aliphatic imine (C=N–C) groups is 1. The Bertz CT molecular complexity index is 676. The van der Waals surface area contributed by atoms with Crippen LogP contribution >= 0.6 is 11.9 Å². The minimum atomic E-state index is -0.643.